The van der Waals surface area contributed by atoms with E-state index < -0.39 is 0 Å². The number of rotatable bonds is 6. The van der Waals surface area contributed by atoms with Crippen molar-refractivity contribution in [2.45, 2.75) is 20.4 Å². The summed E-state index contributed by atoms with van der Waals surface area (Å²) in [5.74, 6) is 1.44. The summed E-state index contributed by atoms with van der Waals surface area (Å²) in [5.41, 5.74) is 0. The van der Waals surface area contributed by atoms with Crippen molar-refractivity contribution in [2.24, 2.45) is 5.92 Å². The normalized spacial score (nSPS) is 12.4. The van der Waals surface area contributed by atoms with E-state index >= 15 is 0 Å². The predicted molar refractivity (Wildman–Crippen MR) is 63.1 cm³/mol. The molecule has 1 unspecified atom stereocenters. The van der Waals surface area contributed by atoms with Crippen LogP contribution in [0.15, 0.2) is 12.4 Å². The average molecular weight is 224 g/mol. The molecule has 0 aromatic carbocycles. The van der Waals surface area contributed by atoms with Crippen LogP contribution >= 0.6 is 0 Å². The Hall–Kier alpha value is -1.36. The van der Waals surface area contributed by atoms with Gasteiger partial charge in [0.15, 0.2) is 0 Å². The van der Waals surface area contributed by atoms with Crippen LogP contribution in [0.2, 0.25) is 0 Å². The zero-order chi connectivity index (χ0) is 12.0. The Kier molecular flexibility index (Phi) is 4.98. The van der Waals surface area contributed by atoms with Crippen LogP contribution in [0.3, 0.4) is 0 Å². The molecule has 0 saturated heterocycles. The molecule has 0 aliphatic rings. The van der Waals surface area contributed by atoms with Crippen molar-refractivity contribution in [1.82, 2.24) is 20.2 Å². The molecule has 90 valence electrons. The molecule has 1 amide bonds. The molecule has 5 nitrogen and oxygen atoms in total. The van der Waals surface area contributed by atoms with Gasteiger partial charge in [0.05, 0.1) is 6.54 Å². The smallest absolute Gasteiger partial charge is 0.233 e. The van der Waals surface area contributed by atoms with Crippen LogP contribution in [0.5, 0.6) is 0 Å². The first-order valence-corrected chi connectivity index (χ1v) is 5.52. The summed E-state index contributed by atoms with van der Waals surface area (Å²) in [4.78, 5) is 15.4. The lowest BCUT2D eigenvalue weighted by molar-refractivity contribution is -0.120. The Bertz CT molecular complexity index is 334. The van der Waals surface area contributed by atoms with Crippen molar-refractivity contribution in [1.29, 1.82) is 0 Å². The van der Waals surface area contributed by atoms with Gasteiger partial charge < -0.3 is 15.2 Å². The van der Waals surface area contributed by atoms with E-state index in [1.807, 2.05) is 13.1 Å². The van der Waals surface area contributed by atoms with Crippen LogP contribution in [-0.2, 0) is 11.3 Å². The number of amides is 1. The van der Waals surface area contributed by atoms with Gasteiger partial charge in [-0.2, -0.15) is 0 Å². The Morgan fingerprint density at radius 1 is 1.62 bits per heavy atom. The van der Waals surface area contributed by atoms with Gasteiger partial charge >= 0.3 is 0 Å². The van der Waals surface area contributed by atoms with Gasteiger partial charge in [-0.25, -0.2) is 4.98 Å². The highest BCUT2D eigenvalue weighted by atomic mass is 16.1. The summed E-state index contributed by atoms with van der Waals surface area (Å²) in [6.45, 7) is 6.03. The molecule has 2 N–H and O–H groups in total. The number of imidazole rings is 1. The van der Waals surface area contributed by atoms with E-state index in [-0.39, 0.29) is 5.91 Å². The van der Waals surface area contributed by atoms with E-state index in [2.05, 4.69) is 27.1 Å². The van der Waals surface area contributed by atoms with Gasteiger partial charge in [-0.1, -0.05) is 6.92 Å². The highest BCUT2D eigenvalue weighted by Gasteiger charge is 2.06. The number of nitrogens with one attached hydrogen (secondary N) is 2. The van der Waals surface area contributed by atoms with Gasteiger partial charge in [0.25, 0.3) is 0 Å². The monoisotopic (exact) mass is 224 g/mol. The largest absolute Gasteiger partial charge is 0.355 e. The topological polar surface area (TPSA) is 59.0 Å². The Morgan fingerprint density at radius 2 is 2.38 bits per heavy atom. The lowest BCUT2D eigenvalue weighted by atomic mass is 10.2. The van der Waals surface area contributed by atoms with E-state index in [1.165, 1.54) is 0 Å². The molecule has 0 fully saturated rings. The number of aryl methyl sites for hydroxylation is 1. The molecule has 1 heterocycles. The fraction of sp³-hybridized carbons (Fsp3) is 0.636. The zero-order valence-corrected chi connectivity index (χ0v) is 10.2. The minimum atomic E-state index is 0.0386. The molecule has 16 heavy (non-hydrogen) atoms. The van der Waals surface area contributed by atoms with Gasteiger partial charge in [-0.15, -0.1) is 0 Å². The molecule has 0 bridgehead atoms. The van der Waals surface area contributed by atoms with Gasteiger partial charge in [-0.05, 0) is 19.9 Å². The average Bonchev–Trinajstić information content (AvgIpc) is 2.62. The van der Waals surface area contributed by atoms with Crippen LogP contribution < -0.4 is 10.6 Å². The Balaban J connectivity index is 2.28. The number of carbonyl (C=O) groups is 1. The van der Waals surface area contributed by atoms with Crippen molar-refractivity contribution in [3.8, 4) is 0 Å². The lowest BCUT2D eigenvalue weighted by Gasteiger charge is -2.14. The van der Waals surface area contributed by atoms with Gasteiger partial charge in [-0.3, -0.25) is 4.79 Å². The first kappa shape index (κ1) is 12.7. The summed E-state index contributed by atoms with van der Waals surface area (Å²) >= 11 is 0. The molecule has 0 aliphatic carbocycles. The number of carbonyl (C=O) groups excluding carboxylic acids is 1. The number of likely N-dealkylation sites (N-methyl/N-ethyl adjacent to an activating group) is 1. The quantitative estimate of drug-likeness (QED) is 0.724. The minimum Gasteiger partial charge on any atom is -0.355 e. The fourth-order valence-corrected chi connectivity index (χ4v) is 1.51. The molecule has 0 radical (unpaired) electrons. The first-order valence-electron chi connectivity index (χ1n) is 5.52. The van der Waals surface area contributed by atoms with Crippen LogP contribution in [0, 0.1) is 12.8 Å². The first-order chi connectivity index (χ1) is 7.63. The molecular weight excluding hydrogens is 204 g/mol. The highest BCUT2D eigenvalue weighted by molar-refractivity contribution is 5.77. The standard InChI is InChI=1S/C11H20N4O/c1-9(6-14-11(16)7-12-3)8-15-5-4-13-10(15)2/h4-5,9,12H,6-8H2,1-3H3,(H,14,16). The molecule has 1 rings (SSSR count). The molecular formula is C11H20N4O. The van der Waals surface area contributed by atoms with Crippen LogP contribution in [0.1, 0.15) is 12.7 Å². The summed E-state index contributed by atoms with van der Waals surface area (Å²) in [7, 11) is 1.76. The van der Waals surface area contributed by atoms with E-state index in [0.29, 0.717) is 19.0 Å². The molecule has 0 aliphatic heterocycles. The third-order valence-corrected chi connectivity index (χ3v) is 2.42. The van der Waals surface area contributed by atoms with Crippen LogP contribution in [0.25, 0.3) is 0 Å². The maximum atomic E-state index is 11.2. The Morgan fingerprint density at radius 3 is 2.94 bits per heavy atom. The van der Waals surface area contributed by atoms with Crippen molar-refractivity contribution < 1.29 is 4.79 Å². The van der Waals surface area contributed by atoms with Gasteiger partial charge in [0, 0.05) is 25.5 Å². The van der Waals surface area contributed by atoms with Crippen molar-refractivity contribution in [3.63, 3.8) is 0 Å². The lowest BCUT2D eigenvalue weighted by Crippen LogP contribution is -2.35. The van der Waals surface area contributed by atoms with Crippen LogP contribution in [-0.4, -0.2) is 35.6 Å². The molecule has 1 aromatic rings. The summed E-state index contributed by atoms with van der Waals surface area (Å²) < 4.78 is 2.09. The second kappa shape index (κ2) is 6.27. The maximum absolute atomic E-state index is 11.2. The molecule has 0 spiro atoms. The number of hydrogen-bond donors (Lipinski definition) is 2. The van der Waals surface area contributed by atoms with E-state index in [0.717, 1.165) is 12.4 Å². The van der Waals surface area contributed by atoms with Crippen molar-refractivity contribution in [3.05, 3.63) is 18.2 Å². The number of aromatic nitrogens is 2. The zero-order valence-electron chi connectivity index (χ0n) is 10.2. The molecule has 1 atom stereocenters. The number of hydrogen-bond acceptors (Lipinski definition) is 3. The van der Waals surface area contributed by atoms with E-state index in [1.54, 1.807) is 13.2 Å². The summed E-state index contributed by atoms with van der Waals surface area (Å²) in [6, 6.07) is 0. The number of nitrogens with zero attached hydrogens (tertiary/aromatic N) is 2. The SMILES string of the molecule is CNCC(=O)NCC(C)Cn1ccnc1C. The van der Waals surface area contributed by atoms with Crippen LogP contribution in [0.4, 0.5) is 0 Å². The Labute approximate surface area is 96.3 Å². The maximum Gasteiger partial charge on any atom is 0.233 e. The third kappa shape index (κ3) is 4.02. The second-order valence-corrected chi connectivity index (χ2v) is 4.07. The van der Waals surface area contributed by atoms with Gasteiger partial charge in [0.1, 0.15) is 5.82 Å². The highest BCUT2D eigenvalue weighted by Crippen LogP contribution is 2.02. The summed E-state index contributed by atoms with van der Waals surface area (Å²) in [6.07, 6.45) is 3.75. The molecule has 5 heteroatoms. The minimum absolute atomic E-state index is 0.0386. The summed E-state index contributed by atoms with van der Waals surface area (Å²) in [5, 5.41) is 5.70. The fourth-order valence-electron chi connectivity index (χ4n) is 1.51. The van der Waals surface area contributed by atoms with Crippen molar-refractivity contribution in [2.75, 3.05) is 20.1 Å². The predicted octanol–water partition coefficient (Wildman–Crippen LogP) is 0.163. The van der Waals surface area contributed by atoms with Crippen molar-refractivity contribution >= 4 is 5.91 Å². The molecule has 1 aromatic heterocycles. The second-order valence-electron chi connectivity index (χ2n) is 4.07. The van der Waals surface area contributed by atoms with E-state index in [9.17, 15) is 4.79 Å². The van der Waals surface area contributed by atoms with E-state index in [4.69, 9.17) is 0 Å². The third-order valence-electron chi connectivity index (χ3n) is 2.42. The van der Waals surface area contributed by atoms with Gasteiger partial charge in [0.2, 0.25) is 5.91 Å². The molecule has 0 saturated carbocycles.